The molecule has 0 atom stereocenters. The Morgan fingerprint density at radius 2 is 1.62 bits per heavy atom. The molecule has 0 fully saturated rings. The van der Waals surface area contributed by atoms with Crippen LogP contribution in [0.5, 0.6) is 11.5 Å². The maximum Gasteiger partial charge on any atom is 0.161 e. The van der Waals surface area contributed by atoms with Gasteiger partial charge < -0.3 is 9.47 Å². The molecule has 1 aromatic heterocycles. The van der Waals surface area contributed by atoms with E-state index in [0.717, 1.165) is 27.9 Å². The number of nitrogens with zero attached hydrogens (tertiary/aromatic N) is 1. The van der Waals surface area contributed by atoms with Gasteiger partial charge in [0, 0.05) is 10.9 Å². The zero-order valence-electron chi connectivity index (χ0n) is 12.4. The van der Waals surface area contributed by atoms with Crippen LogP contribution in [0.2, 0.25) is 0 Å². The highest BCUT2D eigenvalue weighted by atomic mass is 16.5. The molecule has 0 spiro atoms. The monoisotopic (exact) mass is 279 g/mol. The lowest BCUT2D eigenvalue weighted by molar-refractivity contribution is 0.355. The molecule has 0 radical (unpaired) electrons. The van der Waals surface area contributed by atoms with Gasteiger partial charge in [-0.3, -0.25) is 0 Å². The van der Waals surface area contributed by atoms with Crippen molar-refractivity contribution in [1.29, 1.82) is 0 Å². The SMILES string of the molecule is COc1ccc(-c2ccc3cc(C)ccc3n2)cc1OC. The number of methoxy groups -OCH3 is 2. The molecule has 3 nitrogen and oxygen atoms in total. The Balaban J connectivity index is 2.09. The lowest BCUT2D eigenvalue weighted by atomic mass is 10.1. The summed E-state index contributed by atoms with van der Waals surface area (Å²) in [4.78, 5) is 4.72. The first-order valence-corrected chi connectivity index (χ1v) is 6.81. The van der Waals surface area contributed by atoms with Gasteiger partial charge in [0.15, 0.2) is 11.5 Å². The summed E-state index contributed by atoms with van der Waals surface area (Å²) in [5.41, 5.74) is 4.17. The van der Waals surface area contributed by atoms with Gasteiger partial charge in [0.25, 0.3) is 0 Å². The lowest BCUT2D eigenvalue weighted by Crippen LogP contribution is -1.92. The molecule has 106 valence electrons. The Labute approximate surface area is 124 Å². The number of pyridine rings is 1. The molecule has 0 bridgehead atoms. The molecule has 21 heavy (non-hydrogen) atoms. The number of hydrogen-bond donors (Lipinski definition) is 0. The fourth-order valence-corrected chi connectivity index (χ4v) is 2.40. The van der Waals surface area contributed by atoms with E-state index in [1.807, 2.05) is 24.3 Å². The summed E-state index contributed by atoms with van der Waals surface area (Å²) >= 11 is 0. The van der Waals surface area contributed by atoms with Gasteiger partial charge in [-0.1, -0.05) is 17.7 Å². The Kier molecular flexibility index (Phi) is 3.48. The fourth-order valence-electron chi connectivity index (χ4n) is 2.40. The molecule has 0 N–H and O–H groups in total. The third-order valence-electron chi connectivity index (χ3n) is 3.52. The van der Waals surface area contributed by atoms with Crippen LogP contribution in [0.4, 0.5) is 0 Å². The van der Waals surface area contributed by atoms with Crippen molar-refractivity contribution in [3.63, 3.8) is 0 Å². The van der Waals surface area contributed by atoms with Gasteiger partial charge >= 0.3 is 0 Å². The third kappa shape index (κ3) is 2.55. The van der Waals surface area contributed by atoms with Crippen molar-refractivity contribution >= 4 is 10.9 Å². The average molecular weight is 279 g/mol. The molecule has 3 aromatic rings. The van der Waals surface area contributed by atoms with Crippen LogP contribution in [0, 0.1) is 6.92 Å². The lowest BCUT2D eigenvalue weighted by Gasteiger charge is -2.10. The van der Waals surface area contributed by atoms with E-state index < -0.39 is 0 Å². The topological polar surface area (TPSA) is 31.4 Å². The second kappa shape index (κ2) is 5.44. The number of ether oxygens (including phenoxy) is 2. The van der Waals surface area contributed by atoms with E-state index in [1.54, 1.807) is 14.2 Å². The molecule has 0 unspecified atom stereocenters. The molecule has 0 aliphatic carbocycles. The quantitative estimate of drug-likeness (QED) is 0.719. The molecule has 0 saturated carbocycles. The largest absolute Gasteiger partial charge is 0.493 e. The maximum atomic E-state index is 5.35. The number of hydrogen-bond acceptors (Lipinski definition) is 3. The standard InChI is InChI=1S/C18H17NO2/c1-12-4-7-15-13(10-12)5-8-16(19-15)14-6-9-17(20-2)18(11-14)21-3/h4-11H,1-3H3. The summed E-state index contributed by atoms with van der Waals surface area (Å²) in [6, 6.07) is 16.2. The van der Waals surface area contributed by atoms with Crippen molar-refractivity contribution in [3.05, 3.63) is 54.1 Å². The van der Waals surface area contributed by atoms with Crippen molar-refractivity contribution in [2.24, 2.45) is 0 Å². The van der Waals surface area contributed by atoms with Crippen LogP contribution in [-0.4, -0.2) is 19.2 Å². The van der Waals surface area contributed by atoms with E-state index in [0.29, 0.717) is 5.75 Å². The van der Waals surface area contributed by atoms with Crippen LogP contribution in [0.1, 0.15) is 5.56 Å². The van der Waals surface area contributed by atoms with Gasteiger partial charge in [-0.25, -0.2) is 4.98 Å². The summed E-state index contributed by atoms with van der Waals surface area (Å²) in [5, 5.41) is 1.15. The molecular formula is C18H17NO2. The third-order valence-corrected chi connectivity index (χ3v) is 3.52. The van der Waals surface area contributed by atoms with E-state index in [2.05, 4.69) is 31.2 Å². The molecule has 0 amide bonds. The second-order valence-corrected chi connectivity index (χ2v) is 4.96. The van der Waals surface area contributed by atoms with Gasteiger partial charge in [-0.2, -0.15) is 0 Å². The summed E-state index contributed by atoms with van der Waals surface area (Å²) in [5.74, 6) is 1.43. The highest BCUT2D eigenvalue weighted by Crippen LogP contribution is 2.32. The van der Waals surface area contributed by atoms with Gasteiger partial charge in [0.2, 0.25) is 0 Å². The zero-order chi connectivity index (χ0) is 14.8. The number of fused-ring (bicyclic) bond motifs is 1. The van der Waals surface area contributed by atoms with E-state index >= 15 is 0 Å². The van der Waals surface area contributed by atoms with Crippen LogP contribution in [-0.2, 0) is 0 Å². The van der Waals surface area contributed by atoms with Crippen molar-refractivity contribution in [3.8, 4) is 22.8 Å². The average Bonchev–Trinajstić information content (AvgIpc) is 2.53. The first-order chi connectivity index (χ1) is 10.2. The molecule has 1 heterocycles. The Morgan fingerprint density at radius 1 is 0.810 bits per heavy atom. The predicted molar refractivity (Wildman–Crippen MR) is 85.0 cm³/mol. The van der Waals surface area contributed by atoms with Crippen molar-refractivity contribution in [2.75, 3.05) is 14.2 Å². The van der Waals surface area contributed by atoms with Gasteiger partial charge in [0.05, 0.1) is 25.4 Å². The fraction of sp³-hybridized carbons (Fsp3) is 0.167. The van der Waals surface area contributed by atoms with Crippen LogP contribution < -0.4 is 9.47 Å². The van der Waals surface area contributed by atoms with Gasteiger partial charge in [0.1, 0.15) is 0 Å². The molecule has 0 aliphatic heterocycles. The normalized spacial score (nSPS) is 10.6. The number of benzene rings is 2. The van der Waals surface area contributed by atoms with Gasteiger partial charge in [-0.05, 0) is 43.3 Å². The smallest absolute Gasteiger partial charge is 0.161 e. The minimum absolute atomic E-state index is 0.709. The van der Waals surface area contributed by atoms with E-state index in [9.17, 15) is 0 Å². The van der Waals surface area contributed by atoms with Gasteiger partial charge in [-0.15, -0.1) is 0 Å². The van der Waals surface area contributed by atoms with Crippen LogP contribution >= 0.6 is 0 Å². The van der Waals surface area contributed by atoms with E-state index in [-0.39, 0.29) is 0 Å². The molecule has 0 saturated heterocycles. The van der Waals surface area contributed by atoms with Crippen LogP contribution in [0.3, 0.4) is 0 Å². The molecular weight excluding hydrogens is 262 g/mol. The minimum atomic E-state index is 0.709. The zero-order valence-corrected chi connectivity index (χ0v) is 12.4. The number of aryl methyl sites for hydroxylation is 1. The number of aromatic nitrogens is 1. The Hall–Kier alpha value is -2.55. The van der Waals surface area contributed by atoms with Crippen molar-refractivity contribution in [1.82, 2.24) is 4.98 Å². The van der Waals surface area contributed by atoms with Crippen molar-refractivity contribution < 1.29 is 9.47 Å². The van der Waals surface area contributed by atoms with E-state index in [4.69, 9.17) is 14.5 Å². The Bertz CT molecular complexity index is 796. The summed E-state index contributed by atoms with van der Waals surface area (Å²) < 4.78 is 10.6. The van der Waals surface area contributed by atoms with Crippen LogP contribution in [0.15, 0.2) is 48.5 Å². The summed E-state index contributed by atoms with van der Waals surface area (Å²) in [6.45, 7) is 2.09. The summed E-state index contributed by atoms with van der Waals surface area (Å²) in [7, 11) is 3.27. The second-order valence-electron chi connectivity index (χ2n) is 4.96. The molecule has 2 aromatic carbocycles. The van der Waals surface area contributed by atoms with Crippen LogP contribution in [0.25, 0.3) is 22.2 Å². The minimum Gasteiger partial charge on any atom is -0.493 e. The molecule has 0 aliphatic rings. The molecule has 3 rings (SSSR count). The summed E-state index contributed by atoms with van der Waals surface area (Å²) in [6.07, 6.45) is 0. The number of rotatable bonds is 3. The van der Waals surface area contributed by atoms with E-state index in [1.165, 1.54) is 5.56 Å². The predicted octanol–water partition coefficient (Wildman–Crippen LogP) is 4.23. The van der Waals surface area contributed by atoms with Crippen molar-refractivity contribution in [2.45, 2.75) is 6.92 Å². The molecule has 3 heteroatoms. The Morgan fingerprint density at radius 3 is 2.38 bits per heavy atom. The first-order valence-electron chi connectivity index (χ1n) is 6.81. The maximum absolute atomic E-state index is 5.35. The first kappa shape index (κ1) is 13.4. The highest BCUT2D eigenvalue weighted by Gasteiger charge is 2.07. The highest BCUT2D eigenvalue weighted by molar-refractivity contribution is 5.82.